The largest absolute Gasteiger partial charge is 0.422 e. The van der Waals surface area contributed by atoms with Crippen molar-refractivity contribution in [2.75, 3.05) is 14.1 Å². The number of hydrogen-bond acceptors (Lipinski definition) is 5. The highest BCUT2D eigenvalue weighted by Crippen LogP contribution is 2.28. The number of hydrogen-bond donors (Lipinski definition) is 1. The summed E-state index contributed by atoms with van der Waals surface area (Å²) in [7, 11) is 0.860. The van der Waals surface area contributed by atoms with E-state index in [1.54, 1.807) is 6.92 Å². The van der Waals surface area contributed by atoms with Gasteiger partial charge < -0.3 is 14.1 Å². The molecule has 1 unspecified atom stereocenters. The number of nitrogens with zero attached hydrogens (tertiary/aromatic N) is 1. The zero-order valence-electron chi connectivity index (χ0n) is 16.3. The predicted octanol–water partition coefficient (Wildman–Crippen LogP) is 3.01. The van der Waals surface area contributed by atoms with E-state index in [0.717, 1.165) is 23.1 Å². The molecule has 1 amide bonds. The van der Waals surface area contributed by atoms with Crippen molar-refractivity contribution < 1.29 is 26.9 Å². The van der Waals surface area contributed by atoms with Gasteiger partial charge >= 0.3 is 11.7 Å². The summed E-state index contributed by atoms with van der Waals surface area (Å²) in [6, 6.07) is 6.09. The van der Waals surface area contributed by atoms with Crippen molar-refractivity contribution >= 4 is 28.0 Å². The van der Waals surface area contributed by atoms with Crippen molar-refractivity contribution in [3.63, 3.8) is 0 Å². The van der Waals surface area contributed by atoms with E-state index in [4.69, 9.17) is 14.3 Å². The SMILES string of the molecule is Cc1c(Cc2ccc(F)c(S(N)=O)c2)c(=O)oc2cc(OC(=O)N(C)C)c(F)cc12. The Kier molecular flexibility index (Phi) is 5.99. The third-order valence-electron chi connectivity index (χ3n) is 4.50. The van der Waals surface area contributed by atoms with Crippen molar-refractivity contribution in [1.82, 2.24) is 4.90 Å². The lowest BCUT2D eigenvalue weighted by Gasteiger charge is -2.13. The lowest BCUT2D eigenvalue weighted by Crippen LogP contribution is -2.25. The van der Waals surface area contributed by atoms with Gasteiger partial charge in [0.05, 0.1) is 4.90 Å². The van der Waals surface area contributed by atoms with Gasteiger partial charge in [-0.15, -0.1) is 0 Å². The Hall–Kier alpha value is -3.11. The average Bonchev–Trinajstić information content (AvgIpc) is 2.67. The smallest absolute Gasteiger partial charge is 0.414 e. The maximum atomic E-state index is 14.5. The van der Waals surface area contributed by atoms with Crippen molar-refractivity contribution in [2.45, 2.75) is 18.2 Å². The molecule has 1 atom stereocenters. The van der Waals surface area contributed by atoms with E-state index in [-0.39, 0.29) is 28.2 Å². The number of carbonyl (C=O) groups excluding carboxylic acids is 1. The molecular formula is C20H18F2N2O5S. The van der Waals surface area contributed by atoms with Gasteiger partial charge in [-0.1, -0.05) is 6.07 Å². The van der Waals surface area contributed by atoms with Gasteiger partial charge in [-0.3, -0.25) is 0 Å². The molecule has 2 aromatic carbocycles. The summed E-state index contributed by atoms with van der Waals surface area (Å²) in [6.45, 7) is 1.62. The van der Waals surface area contributed by atoms with Crippen molar-refractivity contribution in [3.05, 3.63) is 69.1 Å². The van der Waals surface area contributed by atoms with Crippen LogP contribution in [0.2, 0.25) is 0 Å². The monoisotopic (exact) mass is 436 g/mol. The standard InChI is InChI=1S/C20H18F2N2O5S/c1-10-12-8-15(22)17(29-20(26)24(2)3)9-16(12)28-19(25)13(10)6-11-4-5-14(21)18(7-11)30(23)27/h4-5,7-9H,6,23H2,1-3H3. The predicted molar refractivity (Wildman–Crippen MR) is 107 cm³/mol. The summed E-state index contributed by atoms with van der Waals surface area (Å²) in [5, 5.41) is 5.58. The molecular weight excluding hydrogens is 418 g/mol. The summed E-state index contributed by atoms with van der Waals surface area (Å²) in [5.41, 5.74) is 0.519. The highest BCUT2D eigenvalue weighted by Gasteiger charge is 2.18. The summed E-state index contributed by atoms with van der Waals surface area (Å²) in [6.07, 6.45) is -0.749. The van der Waals surface area contributed by atoms with Crippen LogP contribution in [0.25, 0.3) is 11.0 Å². The zero-order valence-corrected chi connectivity index (χ0v) is 17.1. The number of benzene rings is 2. The summed E-state index contributed by atoms with van der Waals surface area (Å²) >= 11 is 0. The molecule has 158 valence electrons. The molecule has 7 nitrogen and oxygen atoms in total. The lowest BCUT2D eigenvalue weighted by atomic mass is 9.99. The normalized spacial score (nSPS) is 12.1. The van der Waals surface area contributed by atoms with Crippen LogP contribution in [-0.2, 0) is 17.4 Å². The quantitative estimate of drug-likeness (QED) is 0.634. The first-order valence-electron chi connectivity index (χ1n) is 8.68. The number of nitrogens with two attached hydrogens (primary N) is 1. The number of fused-ring (bicyclic) bond motifs is 1. The van der Waals surface area contributed by atoms with Gasteiger partial charge in [0.1, 0.15) is 22.4 Å². The van der Waals surface area contributed by atoms with Gasteiger partial charge in [0, 0.05) is 37.5 Å². The molecule has 0 radical (unpaired) electrons. The van der Waals surface area contributed by atoms with E-state index in [1.807, 2.05) is 0 Å². The molecule has 1 aromatic heterocycles. The Morgan fingerprint density at radius 3 is 2.53 bits per heavy atom. The van der Waals surface area contributed by atoms with Crippen LogP contribution in [0.5, 0.6) is 5.75 Å². The molecule has 3 rings (SSSR count). The Morgan fingerprint density at radius 2 is 1.90 bits per heavy atom. The number of ether oxygens (including phenoxy) is 1. The third-order valence-corrected chi connectivity index (χ3v) is 5.24. The Labute approximate surface area is 172 Å². The van der Waals surface area contributed by atoms with Crippen molar-refractivity contribution in [3.8, 4) is 5.75 Å². The summed E-state index contributed by atoms with van der Waals surface area (Å²) in [4.78, 5) is 25.2. The lowest BCUT2D eigenvalue weighted by molar-refractivity contribution is 0.170. The fraction of sp³-hybridized carbons (Fsp3) is 0.200. The minimum Gasteiger partial charge on any atom is -0.422 e. The van der Waals surface area contributed by atoms with E-state index >= 15 is 0 Å². The molecule has 0 aliphatic heterocycles. The molecule has 0 aliphatic rings. The number of amides is 1. The molecule has 0 fully saturated rings. The van der Waals surface area contributed by atoms with Crippen LogP contribution in [0.4, 0.5) is 13.6 Å². The van der Waals surface area contributed by atoms with E-state index in [0.29, 0.717) is 16.5 Å². The van der Waals surface area contributed by atoms with E-state index in [2.05, 4.69) is 0 Å². The van der Waals surface area contributed by atoms with Gasteiger partial charge in [0.2, 0.25) is 0 Å². The van der Waals surface area contributed by atoms with E-state index in [1.165, 1.54) is 26.2 Å². The minimum atomic E-state index is -2.03. The molecule has 0 saturated carbocycles. The molecule has 1 heterocycles. The second-order valence-electron chi connectivity index (χ2n) is 6.77. The highest BCUT2D eigenvalue weighted by atomic mass is 32.2. The van der Waals surface area contributed by atoms with Crippen LogP contribution in [0.3, 0.4) is 0 Å². The molecule has 0 saturated heterocycles. The fourth-order valence-electron chi connectivity index (χ4n) is 2.87. The molecule has 2 N–H and O–H groups in total. The van der Waals surface area contributed by atoms with Crippen molar-refractivity contribution in [2.24, 2.45) is 5.14 Å². The Morgan fingerprint density at radius 1 is 1.20 bits per heavy atom. The van der Waals surface area contributed by atoms with Gasteiger partial charge in [-0.05, 0) is 36.2 Å². The molecule has 3 aromatic rings. The minimum absolute atomic E-state index is 0.0353. The molecule has 0 spiro atoms. The van der Waals surface area contributed by atoms with Crippen LogP contribution in [0, 0.1) is 18.6 Å². The van der Waals surface area contributed by atoms with E-state index < -0.39 is 34.3 Å². The third kappa shape index (κ3) is 4.24. The Balaban J connectivity index is 2.06. The van der Waals surface area contributed by atoms with Gasteiger partial charge in [0.25, 0.3) is 0 Å². The Bertz CT molecular complexity index is 1240. The maximum Gasteiger partial charge on any atom is 0.414 e. The first kappa shape index (κ1) is 21.6. The highest BCUT2D eigenvalue weighted by molar-refractivity contribution is 7.82. The zero-order chi connectivity index (χ0) is 22.2. The molecule has 0 bridgehead atoms. The number of carbonyl (C=O) groups is 1. The van der Waals surface area contributed by atoms with Crippen LogP contribution in [0.1, 0.15) is 16.7 Å². The molecule has 0 aliphatic carbocycles. The second-order valence-corrected chi connectivity index (χ2v) is 7.81. The molecule has 30 heavy (non-hydrogen) atoms. The summed E-state index contributed by atoms with van der Waals surface area (Å²) in [5.74, 6) is -1.89. The van der Waals surface area contributed by atoms with Gasteiger partial charge in [-0.2, -0.15) is 0 Å². The first-order valence-corrected chi connectivity index (χ1v) is 9.89. The number of rotatable bonds is 4. The van der Waals surface area contributed by atoms with Gasteiger partial charge in [0.15, 0.2) is 11.6 Å². The van der Waals surface area contributed by atoms with Crippen LogP contribution >= 0.6 is 0 Å². The number of aryl methyl sites for hydroxylation is 1. The van der Waals surface area contributed by atoms with Gasteiger partial charge in [-0.25, -0.2) is 27.7 Å². The van der Waals surface area contributed by atoms with Crippen LogP contribution < -0.4 is 15.5 Å². The van der Waals surface area contributed by atoms with Crippen molar-refractivity contribution in [1.29, 1.82) is 0 Å². The maximum absolute atomic E-state index is 14.5. The molecule has 10 heteroatoms. The summed E-state index contributed by atoms with van der Waals surface area (Å²) < 4.78 is 49.9. The average molecular weight is 436 g/mol. The fourth-order valence-corrected chi connectivity index (χ4v) is 3.40. The van der Waals surface area contributed by atoms with Crippen LogP contribution in [-0.4, -0.2) is 29.3 Å². The second kappa shape index (κ2) is 8.33. The number of halogens is 2. The first-order chi connectivity index (χ1) is 14.1. The van der Waals surface area contributed by atoms with E-state index in [9.17, 15) is 22.6 Å². The van der Waals surface area contributed by atoms with Crippen LogP contribution in [0.15, 0.2) is 44.4 Å². The topological polar surface area (TPSA) is 103 Å².